The van der Waals surface area contributed by atoms with Gasteiger partial charge in [0.25, 0.3) is 0 Å². The lowest BCUT2D eigenvalue weighted by molar-refractivity contribution is -0.131. The van der Waals surface area contributed by atoms with Gasteiger partial charge >= 0.3 is 11.9 Å². The minimum Gasteiger partial charge on any atom is -0.423 e. The molecule has 0 aliphatic rings. The van der Waals surface area contributed by atoms with E-state index in [1.54, 1.807) is 32.0 Å². The van der Waals surface area contributed by atoms with E-state index in [2.05, 4.69) is 13.2 Å². The predicted molar refractivity (Wildman–Crippen MR) is 89.6 cm³/mol. The molecule has 0 unspecified atom stereocenters. The van der Waals surface area contributed by atoms with Crippen molar-refractivity contribution in [3.05, 3.63) is 60.2 Å². The summed E-state index contributed by atoms with van der Waals surface area (Å²) in [6.07, 6.45) is 0. The minimum absolute atomic E-state index is 0.309. The van der Waals surface area contributed by atoms with E-state index in [0.29, 0.717) is 28.0 Å². The molecule has 0 spiro atoms. The van der Waals surface area contributed by atoms with Gasteiger partial charge in [-0.05, 0) is 43.9 Å². The zero-order valence-corrected chi connectivity index (χ0v) is 13.4. The number of esters is 2. The summed E-state index contributed by atoms with van der Waals surface area (Å²) in [5.41, 5.74) is 1.42. The molecule has 0 fully saturated rings. The van der Waals surface area contributed by atoms with Gasteiger partial charge in [-0.25, -0.2) is 9.59 Å². The first kappa shape index (κ1) is 16.5. The Bertz CT molecular complexity index is 831. The van der Waals surface area contributed by atoms with E-state index in [-0.39, 0.29) is 0 Å². The second-order valence-corrected chi connectivity index (χ2v) is 5.43. The van der Waals surface area contributed by atoms with E-state index >= 15 is 0 Å². The average Bonchev–Trinajstić information content (AvgIpc) is 2.49. The molecule has 4 nitrogen and oxygen atoms in total. The first-order chi connectivity index (χ1) is 10.8. The number of benzene rings is 2. The fourth-order valence-corrected chi connectivity index (χ4v) is 1.95. The van der Waals surface area contributed by atoms with Gasteiger partial charge in [-0.15, -0.1) is 0 Å². The van der Waals surface area contributed by atoms with Crippen LogP contribution in [-0.4, -0.2) is 11.9 Å². The molecular formula is C19H18O4. The van der Waals surface area contributed by atoms with E-state index in [1.807, 2.05) is 19.1 Å². The Labute approximate surface area is 135 Å². The van der Waals surface area contributed by atoms with E-state index in [9.17, 15) is 9.59 Å². The number of hydrogen-bond acceptors (Lipinski definition) is 4. The first-order valence-electron chi connectivity index (χ1n) is 7.08. The number of hydrogen-bond donors (Lipinski definition) is 0. The van der Waals surface area contributed by atoms with Crippen LogP contribution in [0.25, 0.3) is 10.8 Å². The second kappa shape index (κ2) is 6.48. The molecule has 0 saturated carbocycles. The minimum atomic E-state index is -0.502. The van der Waals surface area contributed by atoms with Gasteiger partial charge in [0.15, 0.2) is 0 Å². The van der Waals surface area contributed by atoms with E-state index in [4.69, 9.17) is 9.47 Å². The molecule has 0 amide bonds. The Kier molecular flexibility index (Phi) is 4.65. The number of ether oxygens (including phenoxy) is 2. The molecule has 4 heteroatoms. The maximum Gasteiger partial charge on any atom is 0.338 e. The lowest BCUT2D eigenvalue weighted by atomic mass is 10.1. The Balaban J connectivity index is 2.50. The number of carbonyl (C=O) groups excluding carboxylic acids is 2. The van der Waals surface area contributed by atoms with Crippen molar-refractivity contribution >= 4 is 22.7 Å². The molecular weight excluding hydrogens is 292 g/mol. The molecule has 0 heterocycles. The Morgan fingerprint density at radius 2 is 1.48 bits per heavy atom. The van der Waals surface area contributed by atoms with Crippen molar-refractivity contribution < 1.29 is 19.1 Å². The van der Waals surface area contributed by atoms with Gasteiger partial charge in [0.05, 0.1) is 0 Å². The summed E-state index contributed by atoms with van der Waals surface area (Å²) in [4.78, 5) is 23.5. The lowest BCUT2D eigenvalue weighted by Crippen LogP contribution is -2.10. The van der Waals surface area contributed by atoms with Crippen LogP contribution < -0.4 is 9.47 Å². The molecule has 23 heavy (non-hydrogen) atoms. The van der Waals surface area contributed by atoms with Gasteiger partial charge in [-0.2, -0.15) is 0 Å². The van der Waals surface area contributed by atoms with Crippen molar-refractivity contribution in [2.75, 3.05) is 0 Å². The van der Waals surface area contributed by atoms with Crippen LogP contribution in [0, 0.1) is 6.92 Å². The van der Waals surface area contributed by atoms with Gasteiger partial charge in [-0.1, -0.05) is 31.4 Å². The summed E-state index contributed by atoms with van der Waals surface area (Å²) in [6, 6.07) is 8.93. The van der Waals surface area contributed by atoms with Gasteiger partial charge in [0.2, 0.25) is 0 Å². The van der Waals surface area contributed by atoms with Crippen LogP contribution in [0.2, 0.25) is 0 Å². The molecule has 0 aliphatic heterocycles. The topological polar surface area (TPSA) is 52.6 Å². The maximum absolute atomic E-state index is 11.8. The van der Waals surface area contributed by atoms with Crippen molar-refractivity contribution in [2.45, 2.75) is 20.8 Å². The molecule has 0 aliphatic carbocycles. The zero-order valence-electron chi connectivity index (χ0n) is 13.4. The largest absolute Gasteiger partial charge is 0.423 e. The molecule has 0 atom stereocenters. The third-order valence-electron chi connectivity index (χ3n) is 3.24. The highest BCUT2D eigenvalue weighted by molar-refractivity contribution is 5.96. The molecule has 0 aromatic heterocycles. The molecule has 2 rings (SSSR count). The average molecular weight is 310 g/mol. The molecule has 2 aromatic carbocycles. The number of aryl methyl sites for hydroxylation is 1. The van der Waals surface area contributed by atoms with Crippen LogP contribution >= 0.6 is 0 Å². The molecule has 2 aromatic rings. The van der Waals surface area contributed by atoms with Crippen LogP contribution in [-0.2, 0) is 9.59 Å². The first-order valence-corrected chi connectivity index (χ1v) is 7.08. The van der Waals surface area contributed by atoms with Crippen molar-refractivity contribution in [3.63, 3.8) is 0 Å². The van der Waals surface area contributed by atoms with Crippen LogP contribution in [0.5, 0.6) is 11.5 Å². The summed E-state index contributed by atoms with van der Waals surface area (Å²) in [5.74, 6) is -0.199. The van der Waals surface area contributed by atoms with Gasteiger partial charge in [0.1, 0.15) is 11.5 Å². The quantitative estimate of drug-likeness (QED) is 0.484. The van der Waals surface area contributed by atoms with Crippen molar-refractivity contribution in [3.8, 4) is 11.5 Å². The number of fused-ring (bicyclic) bond motifs is 1. The summed E-state index contributed by atoms with van der Waals surface area (Å²) in [7, 11) is 0. The summed E-state index contributed by atoms with van der Waals surface area (Å²) >= 11 is 0. The SMILES string of the molecule is C=C(C)C(=O)Oc1ccc2ccc(C)c(OC(=O)C(=C)C)c2c1. The van der Waals surface area contributed by atoms with Gasteiger partial charge in [-0.3, -0.25) is 0 Å². The fraction of sp³-hybridized carbons (Fsp3) is 0.158. The normalized spacial score (nSPS) is 10.2. The van der Waals surface area contributed by atoms with E-state index in [1.165, 1.54) is 0 Å². The maximum atomic E-state index is 11.8. The molecule has 0 radical (unpaired) electrons. The van der Waals surface area contributed by atoms with Crippen molar-refractivity contribution in [2.24, 2.45) is 0 Å². The highest BCUT2D eigenvalue weighted by Gasteiger charge is 2.13. The molecule has 0 N–H and O–H groups in total. The van der Waals surface area contributed by atoms with E-state index in [0.717, 1.165) is 10.9 Å². The van der Waals surface area contributed by atoms with Crippen LogP contribution in [0.4, 0.5) is 0 Å². The number of rotatable bonds is 4. The van der Waals surface area contributed by atoms with Gasteiger partial charge in [0, 0.05) is 16.5 Å². The summed E-state index contributed by atoms with van der Waals surface area (Å²) in [5, 5.41) is 1.56. The van der Waals surface area contributed by atoms with Crippen LogP contribution in [0.15, 0.2) is 54.6 Å². The zero-order chi connectivity index (χ0) is 17.1. The lowest BCUT2D eigenvalue weighted by Gasteiger charge is -2.12. The summed E-state index contributed by atoms with van der Waals surface area (Å²) in [6.45, 7) is 12.1. The molecule has 0 bridgehead atoms. The van der Waals surface area contributed by atoms with Crippen molar-refractivity contribution in [1.82, 2.24) is 0 Å². The van der Waals surface area contributed by atoms with Crippen LogP contribution in [0.3, 0.4) is 0 Å². The third kappa shape index (κ3) is 3.66. The smallest absolute Gasteiger partial charge is 0.338 e. The van der Waals surface area contributed by atoms with Crippen molar-refractivity contribution in [1.29, 1.82) is 0 Å². The summed E-state index contributed by atoms with van der Waals surface area (Å²) < 4.78 is 10.7. The monoisotopic (exact) mass is 310 g/mol. The molecule has 0 saturated heterocycles. The molecule has 118 valence electrons. The second-order valence-electron chi connectivity index (χ2n) is 5.43. The Hall–Kier alpha value is -2.88. The standard InChI is InChI=1S/C19H18O4/c1-11(2)18(20)22-15-9-8-14-7-6-13(5)17(16(14)10-15)23-19(21)12(3)4/h6-10H,1,3H2,2,4-5H3. The third-order valence-corrected chi connectivity index (χ3v) is 3.24. The Morgan fingerprint density at radius 1 is 0.913 bits per heavy atom. The van der Waals surface area contributed by atoms with Crippen LogP contribution in [0.1, 0.15) is 19.4 Å². The highest BCUT2D eigenvalue weighted by Crippen LogP contribution is 2.33. The highest BCUT2D eigenvalue weighted by atomic mass is 16.5. The predicted octanol–water partition coefficient (Wildman–Crippen LogP) is 4.11. The Morgan fingerprint density at radius 3 is 2.09 bits per heavy atom. The fourth-order valence-electron chi connectivity index (χ4n) is 1.95. The van der Waals surface area contributed by atoms with Gasteiger partial charge < -0.3 is 9.47 Å². The number of carbonyl (C=O) groups is 2. The van der Waals surface area contributed by atoms with E-state index < -0.39 is 11.9 Å².